The summed E-state index contributed by atoms with van der Waals surface area (Å²) in [7, 11) is 0. The van der Waals surface area contributed by atoms with Crippen molar-refractivity contribution in [3.63, 3.8) is 0 Å². The van der Waals surface area contributed by atoms with Crippen LogP contribution in [0.15, 0.2) is 23.8 Å². The van der Waals surface area contributed by atoms with Crippen LogP contribution < -0.4 is 0 Å². The molecule has 0 aromatic rings. The third-order valence-electron chi connectivity index (χ3n) is 5.28. The Bertz CT molecular complexity index is 402. The lowest BCUT2D eigenvalue weighted by atomic mass is 9.63. The highest BCUT2D eigenvalue weighted by molar-refractivity contribution is 5.26. The summed E-state index contributed by atoms with van der Waals surface area (Å²) in [5, 5.41) is 20.0. The first kappa shape index (κ1) is 15.8. The minimum absolute atomic E-state index is 0.124. The Morgan fingerprint density at radius 2 is 2.20 bits per heavy atom. The van der Waals surface area contributed by atoms with Gasteiger partial charge in [0, 0.05) is 0 Å². The second-order valence-corrected chi connectivity index (χ2v) is 7.57. The van der Waals surface area contributed by atoms with Gasteiger partial charge in [0.05, 0.1) is 11.7 Å². The Morgan fingerprint density at radius 3 is 2.85 bits per heavy atom. The Morgan fingerprint density at radius 1 is 1.50 bits per heavy atom. The molecule has 2 rings (SSSR count). The molecule has 2 aliphatic carbocycles. The van der Waals surface area contributed by atoms with Crippen molar-refractivity contribution < 1.29 is 10.2 Å². The van der Waals surface area contributed by atoms with E-state index in [9.17, 15) is 10.2 Å². The van der Waals surface area contributed by atoms with Crippen LogP contribution in [0.2, 0.25) is 0 Å². The SMILES string of the molecule is C[C@@H](C/C=C/C(C)(C)O)C1=CC[C@H]2[C@@H](O)CCC[C@]12C. The van der Waals surface area contributed by atoms with Gasteiger partial charge < -0.3 is 10.2 Å². The van der Waals surface area contributed by atoms with Crippen LogP contribution in [-0.4, -0.2) is 21.9 Å². The lowest BCUT2D eigenvalue weighted by molar-refractivity contribution is 0.00804. The average Bonchev–Trinajstić information content (AvgIpc) is 2.66. The summed E-state index contributed by atoms with van der Waals surface area (Å²) in [6.45, 7) is 8.22. The maximum Gasteiger partial charge on any atom is 0.0771 e. The molecule has 0 aromatic heterocycles. The van der Waals surface area contributed by atoms with Crippen LogP contribution in [0.3, 0.4) is 0 Å². The van der Waals surface area contributed by atoms with Crippen molar-refractivity contribution in [1.29, 1.82) is 0 Å². The fourth-order valence-electron chi connectivity index (χ4n) is 4.20. The quantitative estimate of drug-likeness (QED) is 0.767. The molecule has 0 spiro atoms. The van der Waals surface area contributed by atoms with E-state index in [2.05, 4.69) is 26.0 Å². The molecule has 2 N–H and O–H groups in total. The van der Waals surface area contributed by atoms with Crippen LogP contribution in [0.5, 0.6) is 0 Å². The van der Waals surface area contributed by atoms with Gasteiger partial charge in [0.1, 0.15) is 0 Å². The first-order chi connectivity index (χ1) is 9.24. The Hall–Kier alpha value is -0.600. The lowest BCUT2D eigenvalue weighted by Crippen LogP contribution is -2.39. The Balaban J connectivity index is 2.04. The van der Waals surface area contributed by atoms with E-state index in [1.54, 1.807) is 13.8 Å². The van der Waals surface area contributed by atoms with Crippen LogP contribution in [0, 0.1) is 17.3 Å². The predicted molar refractivity (Wildman–Crippen MR) is 83.4 cm³/mol. The monoisotopic (exact) mass is 278 g/mol. The molecule has 0 bridgehead atoms. The average molecular weight is 278 g/mol. The van der Waals surface area contributed by atoms with E-state index < -0.39 is 5.60 Å². The zero-order valence-electron chi connectivity index (χ0n) is 13.4. The second-order valence-electron chi connectivity index (χ2n) is 7.57. The normalized spacial score (nSPS) is 36.0. The van der Waals surface area contributed by atoms with Gasteiger partial charge in [-0.2, -0.15) is 0 Å². The third kappa shape index (κ3) is 3.17. The van der Waals surface area contributed by atoms with E-state index in [-0.39, 0.29) is 11.5 Å². The number of allylic oxidation sites excluding steroid dienone is 3. The summed E-state index contributed by atoms with van der Waals surface area (Å²) in [5.74, 6) is 0.917. The lowest BCUT2D eigenvalue weighted by Gasteiger charge is -2.43. The second kappa shape index (κ2) is 5.65. The van der Waals surface area contributed by atoms with Crippen molar-refractivity contribution in [2.24, 2.45) is 17.3 Å². The van der Waals surface area contributed by atoms with Gasteiger partial charge in [-0.25, -0.2) is 0 Å². The molecule has 0 radical (unpaired) electrons. The van der Waals surface area contributed by atoms with E-state index in [1.807, 2.05) is 6.08 Å². The number of aliphatic hydroxyl groups excluding tert-OH is 1. The molecule has 0 aromatic carbocycles. The molecule has 0 heterocycles. The van der Waals surface area contributed by atoms with Gasteiger partial charge in [0.2, 0.25) is 0 Å². The highest BCUT2D eigenvalue weighted by atomic mass is 16.3. The van der Waals surface area contributed by atoms with Gasteiger partial charge in [-0.3, -0.25) is 0 Å². The van der Waals surface area contributed by atoms with Gasteiger partial charge >= 0.3 is 0 Å². The third-order valence-corrected chi connectivity index (χ3v) is 5.28. The maximum absolute atomic E-state index is 10.2. The topological polar surface area (TPSA) is 40.5 Å². The molecular weight excluding hydrogens is 248 g/mol. The van der Waals surface area contributed by atoms with Gasteiger partial charge in [-0.15, -0.1) is 0 Å². The Labute approximate surface area is 123 Å². The fourth-order valence-corrected chi connectivity index (χ4v) is 4.20. The van der Waals surface area contributed by atoms with Crippen LogP contribution in [0.4, 0.5) is 0 Å². The summed E-state index contributed by atoms with van der Waals surface area (Å²) in [4.78, 5) is 0. The summed E-state index contributed by atoms with van der Waals surface area (Å²) < 4.78 is 0. The molecule has 20 heavy (non-hydrogen) atoms. The fraction of sp³-hybridized carbons (Fsp3) is 0.778. The molecule has 1 saturated carbocycles. The molecule has 1 fully saturated rings. The summed E-state index contributed by atoms with van der Waals surface area (Å²) in [6.07, 6.45) is 11.5. The van der Waals surface area contributed by atoms with Gasteiger partial charge in [0.15, 0.2) is 0 Å². The molecule has 0 unspecified atom stereocenters. The van der Waals surface area contributed by atoms with Gasteiger partial charge in [0.25, 0.3) is 0 Å². The maximum atomic E-state index is 10.2. The molecule has 0 aliphatic heterocycles. The predicted octanol–water partition coefficient (Wildman–Crippen LogP) is 3.84. The molecule has 4 atom stereocenters. The van der Waals surface area contributed by atoms with Crippen molar-refractivity contribution in [3.05, 3.63) is 23.8 Å². The minimum atomic E-state index is -0.725. The highest BCUT2D eigenvalue weighted by Gasteiger charge is 2.47. The number of hydrogen-bond donors (Lipinski definition) is 2. The number of aliphatic hydroxyl groups is 2. The first-order valence-corrected chi connectivity index (χ1v) is 8.03. The standard InChI is InChI=1S/C18H30O2/c1-13(7-5-11-17(2,3)20)14-9-10-15-16(19)8-6-12-18(14,15)4/h5,9,11,13,15-16,19-20H,6-8,10,12H2,1-4H3/b11-5+/t13-,15-,16-,18+/m0/s1. The van der Waals surface area contributed by atoms with Crippen LogP contribution >= 0.6 is 0 Å². The van der Waals surface area contributed by atoms with E-state index >= 15 is 0 Å². The molecule has 2 nitrogen and oxygen atoms in total. The van der Waals surface area contributed by atoms with Crippen molar-refractivity contribution in [2.45, 2.75) is 71.5 Å². The highest BCUT2D eigenvalue weighted by Crippen LogP contribution is 2.54. The van der Waals surface area contributed by atoms with Crippen molar-refractivity contribution >= 4 is 0 Å². The molecular formula is C18H30O2. The largest absolute Gasteiger partial charge is 0.393 e. The van der Waals surface area contributed by atoms with E-state index in [1.165, 1.54) is 12.0 Å². The summed E-state index contributed by atoms with van der Waals surface area (Å²) >= 11 is 0. The molecule has 0 saturated heterocycles. The van der Waals surface area contributed by atoms with E-state index in [4.69, 9.17) is 0 Å². The van der Waals surface area contributed by atoms with Crippen LogP contribution in [0.25, 0.3) is 0 Å². The van der Waals surface area contributed by atoms with Crippen LogP contribution in [-0.2, 0) is 0 Å². The van der Waals surface area contributed by atoms with Gasteiger partial charge in [-0.05, 0) is 63.2 Å². The zero-order chi connectivity index (χ0) is 15.0. The number of hydrogen-bond acceptors (Lipinski definition) is 2. The van der Waals surface area contributed by atoms with Gasteiger partial charge in [-0.1, -0.05) is 37.6 Å². The molecule has 114 valence electrons. The molecule has 2 aliphatic rings. The van der Waals surface area contributed by atoms with E-state index in [0.29, 0.717) is 11.8 Å². The minimum Gasteiger partial charge on any atom is -0.393 e. The van der Waals surface area contributed by atoms with E-state index in [0.717, 1.165) is 25.7 Å². The first-order valence-electron chi connectivity index (χ1n) is 8.03. The number of fused-ring (bicyclic) bond motifs is 1. The smallest absolute Gasteiger partial charge is 0.0771 e. The van der Waals surface area contributed by atoms with Crippen molar-refractivity contribution in [2.75, 3.05) is 0 Å². The summed E-state index contributed by atoms with van der Waals surface area (Å²) in [5.41, 5.74) is 0.998. The zero-order valence-corrected chi connectivity index (χ0v) is 13.4. The van der Waals surface area contributed by atoms with Crippen molar-refractivity contribution in [1.82, 2.24) is 0 Å². The number of rotatable bonds is 4. The van der Waals surface area contributed by atoms with Crippen LogP contribution in [0.1, 0.15) is 59.8 Å². The molecule has 0 amide bonds. The Kier molecular flexibility index (Phi) is 4.46. The summed E-state index contributed by atoms with van der Waals surface area (Å²) in [6, 6.07) is 0. The molecule has 2 heteroatoms. The van der Waals surface area contributed by atoms with Crippen molar-refractivity contribution in [3.8, 4) is 0 Å².